The summed E-state index contributed by atoms with van der Waals surface area (Å²) in [4.78, 5) is 25.7. The van der Waals surface area contributed by atoms with Crippen molar-refractivity contribution in [2.45, 2.75) is 0 Å². The Balaban J connectivity index is 1.76. The molecule has 0 bridgehead atoms. The summed E-state index contributed by atoms with van der Waals surface area (Å²) in [5, 5.41) is 3.48. The normalized spacial score (nSPS) is 13.3. The Morgan fingerprint density at radius 1 is 1.22 bits per heavy atom. The first-order chi connectivity index (χ1) is 11.0. The van der Waals surface area contributed by atoms with Crippen LogP contribution in [0, 0.1) is 0 Å². The van der Waals surface area contributed by atoms with Crippen molar-refractivity contribution in [3.63, 3.8) is 0 Å². The molecule has 0 saturated heterocycles. The van der Waals surface area contributed by atoms with E-state index >= 15 is 0 Å². The number of ether oxygens (including phenoxy) is 1. The van der Waals surface area contributed by atoms with Crippen LogP contribution in [-0.2, 0) is 9.59 Å². The molecule has 118 valence electrons. The first-order valence-corrected chi connectivity index (χ1v) is 7.57. The van der Waals surface area contributed by atoms with Gasteiger partial charge in [0.25, 0.3) is 5.91 Å². The number of carbonyl (C=O) groups is 2. The monoisotopic (exact) mass is 350 g/mol. The number of nitrogens with zero attached hydrogens (tertiary/aromatic N) is 1. The maximum Gasteiger partial charge on any atom is 0.265 e. The number of rotatable bonds is 3. The zero-order valence-electron chi connectivity index (χ0n) is 11.9. The van der Waals surface area contributed by atoms with Crippen LogP contribution in [0.25, 0.3) is 0 Å². The highest BCUT2D eigenvalue weighted by Crippen LogP contribution is 2.31. The number of fused-ring (bicyclic) bond motifs is 1. The highest BCUT2D eigenvalue weighted by Gasteiger charge is 2.27. The van der Waals surface area contributed by atoms with Crippen LogP contribution < -0.4 is 15.0 Å². The van der Waals surface area contributed by atoms with Gasteiger partial charge in [0.15, 0.2) is 6.61 Å². The second-order valence-electron chi connectivity index (χ2n) is 4.91. The van der Waals surface area contributed by atoms with Gasteiger partial charge < -0.3 is 10.1 Å². The van der Waals surface area contributed by atoms with Crippen LogP contribution in [0.15, 0.2) is 42.5 Å². The smallest absolute Gasteiger partial charge is 0.265 e. The number of hydrogen-bond donors (Lipinski definition) is 1. The summed E-state index contributed by atoms with van der Waals surface area (Å²) in [7, 11) is 0. The van der Waals surface area contributed by atoms with E-state index in [4.69, 9.17) is 27.9 Å². The Kier molecular flexibility index (Phi) is 4.41. The Hall–Kier alpha value is -2.24. The molecule has 1 N–H and O–H groups in total. The summed E-state index contributed by atoms with van der Waals surface area (Å²) in [6.45, 7) is -0.218. The van der Waals surface area contributed by atoms with Crippen molar-refractivity contribution in [3.05, 3.63) is 52.5 Å². The van der Waals surface area contributed by atoms with Gasteiger partial charge in [-0.3, -0.25) is 14.5 Å². The fourth-order valence-corrected chi connectivity index (χ4v) is 2.71. The minimum Gasteiger partial charge on any atom is -0.482 e. The minimum absolute atomic E-state index is 0.0913. The van der Waals surface area contributed by atoms with Crippen molar-refractivity contribution < 1.29 is 14.3 Å². The van der Waals surface area contributed by atoms with Crippen molar-refractivity contribution in [3.8, 4) is 5.75 Å². The fourth-order valence-electron chi connectivity index (χ4n) is 2.25. The third-order valence-electron chi connectivity index (χ3n) is 3.32. The summed E-state index contributed by atoms with van der Waals surface area (Å²) in [6.07, 6.45) is 0. The molecular weight excluding hydrogens is 339 g/mol. The molecule has 1 aliphatic rings. The SMILES string of the molecule is O=C(CN1C(=O)COc2ccccc21)Nc1ccc(Cl)cc1Cl. The van der Waals surface area contributed by atoms with Gasteiger partial charge in [-0.25, -0.2) is 0 Å². The predicted molar refractivity (Wildman–Crippen MR) is 89.4 cm³/mol. The van der Waals surface area contributed by atoms with E-state index in [1.807, 2.05) is 0 Å². The van der Waals surface area contributed by atoms with Crippen molar-refractivity contribution >= 4 is 46.4 Å². The van der Waals surface area contributed by atoms with E-state index in [0.29, 0.717) is 27.2 Å². The molecule has 1 heterocycles. The Labute approximate surface area is 142 Å². The van der Waals surface area contributed by atoms with Gasteiger partial charge in [0.2, 0.25) is 5.91 Å². The van der Waals surface area contributed by atoms with Crippen LogP contribution in [0.1, 0.15) is 0 Å². The lowest BCUT2D eigenvalue weighted by Gasteiger charge is -2.28. The third-order valence-corrected chi connectivity index (χ3v) is 3.86. The molecular formula is C16H12Cl2N2O3. The van der Waals surface area contributed by atoms with Crippen LogP contribution >= 0.6 is 23.2 Å². The number of benzene rings is 2. The number of amides is 2. The average molecular weight is 351 g/mol. The quantitative estimate of drug-likeness (QED) is 0.923. The number of nitrogens with one attached hydrogen (secondary N) is 1. The van der Waals surface area contributed by atoms with E-state index in [0.717, 1.165) is 0 Å². The van der Waals surface area contributed by atoms with E-state index in [1.54, 1.807) is 36.4 Å². The molecule has 0 unspecified atom stereocenters. The van der Waals surface area contributed by atoms with Crippen LogP contribution in [0.2, 0.25) is 10.0 Å². The maximum atomic E-state index is 12.2. The van der Waals surface area contributed by atoms with Crippen LogP contribution in [0.3, 0.4) is 0 Å². The van der Waals surface area contributed by atoms with Gasteiger partial charge >= 0.3 is 0 Å². The summed E-state index contributed by atoms with van der Waals surface area (Å²) in [5.74, 6) is -0.0650. The molecule has 2 amide bonds. The standard InChI is InChI=1S/C16H12Cl2N2O3/c17-10-5-6-12(11(18)7-10)19-15(21)8-20-13-3-1-2-4-14(13)23-9-16(20)22/h1-7H,8-9H2,(H,19,21). The molecule has 0 atom stereocenters. The van der Waals surface area contributed by atoms with Crippen LogP contribution in [-0.4, -0.2) is 25.0 Å². The largest absolute Gasteiger partial charge is 0.482 e. The molecule has 0 fully saturated rings. The molecule has 0 spiro atoms. The lowest BCUT2D eigenvalue weighted by atomic mass is 10.2. The second-order valence-corrected chi connectivity index (χ2v) is 5.75. The summed E-state index contributed by atoms with van der Waals surface area (Å²) < 4.78 is 5.34. The lowest BCUT2D eigenvalue weighted by Crippen LogP contribution is -2.43. The van der Waals surface area contributed by atoms with Gasteiger partial charge in [-0.05, 0) is 30.3 Å². The Morgan fingerprint density at radius 3 is 2.78 bits per heavy atom. The zero-order chi connectivity index (χ0) is 16.4. The Morgan fingerprint density at radius 2 is 2.00 bits per heavy atom. The first-order valence-electron chi connectivity index (χ1n) is 6.81. The highest BCUT2D eigenvalue weighted by molar-refractivity contribution is 6.36. The summed E-state index contributed by atoms with van der Waals surface area (Å²) in [6, 6.07) is 11.8. The molecule has 2 aromatic carbocycles. The number of para-hydroxylation sites is 2. The number of anilines is 2. The molecule has 1 aliphatic heterocycles. The van der Waals surface area contributed by atoms with Gasteiger partial charge in [-0.1, -0.05) is 35.3 Å². The summed E-state index contributed by atoms with van der Waals surface area (Å²) >= 11 is 11.8. The molecule has 3 rings (SSSR count). The van der Waals surface area contributed by atoms with Gasteiger partial charge in [-0.2, -0.15) is 0 Å². The third kappa shape index (κ3) is 3.41. The molecule has 5 nitrogen and oxygen atoms in total. The van der Waals surface area contributed by atoms with E-state index in [1.165, 1.54) is 11.0 Å². The zero-order valence-corrected chi connectivity index (χ0v) is 13.4. The molecule has 2 aromatic rings. The Bertz CT molecular complexity index is 780. The first kappa shape index (κ1) is 15.6. The van der Waals surface area contributed by atoms with Gasteiger partial charge in [0, 0.05) is 5.02 Å². The van der Waals surface area contributed by atoms with E-state index < -0.39 is 0 Å². The molecule has 0 aromatic heterocycles. The number of carbonyl (C=O) groups excluding carboxylic acids is 2. The van der Waals surface area contributed by atoms with Gasteiger partial charge in [0.05, 0.1) is 16.4 Å². The van der Waals surface area contributed by atoms with Gasteiger partial charge in [0.1, 0.15) is 12.3 Å². The summed E-state index contributed by atoms with van der Waals surface area (Å²) in [5.41, 5.74) is 1.01. The van der Waals surface area contributed by atoms with E-state index in [9.17, 15) is 9.59 Å². The van der Waals surface area contributed by atoms with E-state index in [2.05, 4.69) is 5.32 Å². The fraction of sp³-hybridized carbons (Fsp3) is 0.125. The van der Waals surface area contributed by atoms with Crippen LogP contribution in [0.4, 0.5) is 11.4 Å². The van der Waals surface area contributed by atoms with E-state index in [-0.39, 0.29) is 25.0 Å². The number of halogens is 2. The van der Waals surface area contributed by atoms with Crippen molar-refractivity contribution in [2.75, 3.05) is 23.4 Å². The highest BCUT2D eigenvalue weighted by atomic mass is 35.5. The van der Waals surface area contributed by atoms with Crippen molar-refractivity contribution in [2.24, 2.45) is 0 Å². The molecule has 0 saturated carbocycles. The molecule has 7 heteroatoms. The van der Waals surface area contributed by atoms with Crippen molar-refractivity contribution in [1.82, 2.24) is 0 Å². The topological polar surface area (TPSA) is 58.6 Å². The number of hydrogen-bond acceptors (Lipinski definition) is 3. The molecule has 0 radical (unpaired) electrons. The van der Waals surface area contributed by atoms with Gasteiger partial charge in [-0.15, -0.1) is 0 Å². The molecule has 0 aliphatic carbocycles. The second kappa shape index (κ2) is 6.48. The van der Waals surface area contributed by atoms with Crippen LogP contribution in [0.5, 0.6) is 5.75 Å². The lowest BCUT2D eigenvalue weighted by molar-refractivity contribution is -0.123. The minimum atomic E-state index is -0.362. The predicted octanol–water partition coefficient (Wildman–Crippen LogP) is 3.36. The van der Waals surface area contributed by atoms with Crippen molar-refractivity contribution in [1.29, 1.82) is 0 Å². The average Bonchev–Trinajstić information content (AvgIpc) is 2.53. The maximum absolute atomic E-state index is 12.2. The molecule has 23 heavy (non-hydrogen) atoms.